The molecule has 1 aliphatic heterocycles. The molecule has 0 saturated carbocycles. The summed E-state index contributed by atoms with van der Waals surface area (Å²) in [5.74, 6) is 1.26. The third-order valence-electron chi connectivity index (χ3n) is 4.39. The first-order chi connectivity index (χ1) is 10.6. The number of likely N-dealkylation sites (tertiary alicyclic amines) is 1. The Labute approximate surface area is 130 Å². The molecule has 3 heterocycles. The highest BCUT2D eigenvalue weighted by atomic mass is 16.2. The lowest BCUT2D eigenvalue weighted by atomic mass is 10.0. The molecule has 1 fully saturated rings. The zero-order valence-corrected chi connectivity index (χ0v) is 13.3. The Balaban J connectivity index is 1.57. The van der Waals surface area contributed by atoms with Crippen LogP contribution >= 0.6 is 0 Å². The van der Waals surface area contributed by atoms with Crippen molar-refractivity contribution in [2.24, 2.45) is 7.05 Å². The Hall–Kier alpha value is -2.11. The molecule has 0 unspecified atom stereocenters. The van der Waals surface area contributed by atoms with Crippen LogP contribution < -0.4 is 0 Å². The lowest BCUT2D eigenvalue weighted by molar-refractivity contribution is -0.132. The van der Waals surface area contributed by atoms with E-state index in [4.69, 9.17) is 0 Å². The van der Waals surface area contributed by atoms with Gasteiger partial charge in [-0.1, -0.05) is 0 Å². The van der Waals surface area contributed by atoms with Gasteiger partial charge in [0, 0.05) is 45.1 Å². The van der Waals surface area contributed by atoms with Crippen molar-refractivity contribution in [3.63, 3.8) is 0 Å². The second-order valence-electron chi connectivity index (χ2n) is 6.04. The Morgan fingerprint density at radius 2 is 2.32 bits per heavy atom. The minimum Gasteiger partial charge on any atom is -0.341 e. The fourth-order valence-corrected chi connectivity index (χ4v) is 3.19. The van der Waals surface area contributed by atoms with Crippen LogP contribution in [0.2, 0.25) is 0 Å². The normalized spacial score (nSPS) is 18.6. The number of carbonyl (C=O) groups is 1. The Morgan fingerprint density at radius 3 is 3.00 bits per heavy atom. The topological polar surface area (TPSA) is 56.0 Å². The molecule has 0 spiro atoms. The molecular formula is C16H23N5O. The van der Waals surface area contributed by atoms with E-state index >= 15 is 0 Å². The van der Waals surface area contributed by atoms with Crippen molar-refractivity contribution < 1.29 is 4.79 Å². The van der Waals surface area contributed by atoms with Gasteiger partial charge in [0.2, 0.25) is 5.91 Å². The maximum absolute atomic E-state index is 12.5. The third kappa shape index (κ3) is 3.21. The average molecular weight is 301 g/mol. The molecule has 1 amide bonds. The van der Waals surface area contributed by atoms with Crippen LogP contribution in [0.1, 0.15) is 36.7 Å². The number of carbonyl (C=O) groups excluding carboxylic acids is 1. The quantitative estimate of drug-likeness (QED) is 0.864. The molecule has 22 heavy (non-hydrogen) atoms. The molecule has 0 N–H and O–H groups in total. The first-order valence-electron chi connectivity index (χ1n) is 7.88. The summed E-state index contributed by atoms with van der Waals surface area (Å²) in [7, 11) is 1.90. The number of hydrogen-bond acceptors (Lipinski definition) is 3. The summed E-state index contributed by atoms with van der Waals surface area (Å²) in [4.78, 5) is 18.7. The zero-order valence-electron chi connectivity index (χ0n) is 13.3. The third-order valence-corrected chi connectivity index (χ3v) is 4.39. The number of aryl methyl sites for hydroxylation is 3. The van der Waals surface area contributed by atoms with Crippen molar-refractivity contribution in [3.8, 4) is 0 Å². The van der Waals surface area contributed by atoms with Crippen LogP contribution in [0.3, 0.4) is 0 Å². The van der Waals surface area contributed by atoms with Gasteiger partial charge in [0.15, 0.2) is 0 Å². The number of aromatic nitrogens is 4. The molecular weight excluding hydrogens is 278 g/mol. The first-order valence-corrected chi connectivity index (χ1v) is 7.88. The minimum atomic E-state index is 0.242. The van der Waals surface area contributed by atoms with Crippen LogP contribution in [0.5, 0.6) is 0 Å². The number of hydrogen-bond donors (Lipinski definition) is 0. The van der Waals surface area contributed by atoms with Gasteiger partial charge in [-0.15, -0.1) is 0 Å². The van der Waals surface area contributed by atoms with Gasteiger partial charge in [0.1, 0.15) is 5.82 Å². The van der Waals surface area contributed by atoms with Crippen LogP contribution in [0.4, 0.5) is 0 Å². The van der Waals surface area contributed by atoms with E-state index in [-0.39, 0.29) is 5.91 Å². The molecule has 0 aliphatic carbocycles. The van der Waals surface area contributed by atoms with Crippen LogP contribution in [-0.2, 0) is 18.3 Å². The predicted octanol–water partition coefficient (Wildman–Crippen LogP) is 1.72. The fourth-order valence-electron chi connectivity index (χ4n) is 3.19. The van der Waals surface area contributed by atoms with E-state index in [1.54, 1.807) is 4.68 Å². The maximum Gasteiger partial charge on any atom is 0.222 e. The molecule has 0 radical (unpaired) electrons. The van der Waals surface area contributed by atoms with Gasteiger partial charge in [-0.25, -0.2) is 4.98 Å². The highest BCUT2D eigenvalue weighted by Crippen LogP contribution is 2.23. The van der Waals surface area contributed by atoms with Crippen molar-refractivity contribution >= 4 is 5.91 Å². The molecule has 6 nitrogen and oxygen atoms in total. The molecule has 1 atom stereocenters. The van der Waals surface area contributed by atoms with Crippen LogP contribution in [0.25, 0.3) is 0 Å². The van der Waals surface area contributed by atoms with E-state index in [2.05, 4.69) is 14.6 Å². The van der Waals surface area contributed by atoms with Crippen LogP contribution in [0, 0.1) is 6.92 Å². The number of nitrogens with zero attached hydrogens (tertiary/aromatic N) is 5. The minimum absolute atomic E-state index is 0.242. The summed E-state index contributed by atoms with van der Waals surface area (Å²) in [5, 5.41) is 4.14. The SMILES string of the molecule is Cc1nccn1[C@@H]1CCCN(C(=O)CCc2cnn(C)c2)C1. The Bertz CT molecular complexity index is 645. The number of amides is 1. The molecule has 2 aromatic rings. The van der Waals surface area contributed by atoms with E-state index in [1.807, 2.05) is 43.7 Å². The summed E-state index contributed by atoms with van der Waals surface area (Å²) in [6.45, 7) is 3.68. The predicted molar refractivity (Wildman–Crippen MR) is 83.3 cm³/mol. The smallest absolute Gasteiger partial charge is 0.222 e. The molecule has 0 aromatic carbocycles. The summed E-state index contributed by atoms with van der Waals surface area (Å²) in [6, 6.07) is 0.360. The molecule has 3 rings (SSSR count). The molecule has 118 valence electrons. The van der Waals surface area contributed by atoms with Crippen molar-refractivity contribution in [2.75, 3.05) is 13.1 Å². The monoisotopic (exact) mass is 301 g/mol. The summed E-state index contributed by atoms with van der Waals surface area (Å²) < 4.78 is 3.97. The van der Waals surface area contributed by atoms with Crippen molar-refractivity contribution in [1.29, 1.82) is 0 Å². The van der Waals surface area contributed by atoms with Gasteiger partial charge in [-0.2, -0.15) is 5.10 Å². The Kier molecular flexibility index (Phi) is 4.27. The highest BCUT2D eigenvalue weighted by Gasteiger charge is 2.25. The summed E-state index contributed by atoms with van der Waals surface area (Å²) in [6.07, 6.45) is 11.1. The number of piperidine rings is 1. The second-order valence-corrected chi connectivity index (χ2v) is 6.04. The van der Waals surface area contributed by atoms with Crippen LogP contribution in [-0.4, -0.2) is 43.2 Å². The van der Waals surface area contributed by atoms with Gasteiger partial charge < -0.3 is 9.47 Å². The first kappa shape index (κ1) is 14.8. The van der Waals surface area contributed by atoms with Crippen molar-refractivity contribution in [3.05, 3.63) is 36.2 Å². The zero-order chi connectivity index (χ0) is 15.5. The van der Waals surface area contributed by atoms with Crippen LogP contribution in [0.15, 0.2) is 24.8 Å². The van der Waals surface area contributed by atoms with Gasteiger partial charge >= 0.3 is 0 Å². The van der Waals surface area contributed by atoms with Gasteiger partial charge in [0.25, 0.3) is 0 Å². The molecule has 2 aromatic heterocycles. The summed E-state index contributed by atoms with van der Waals surface area (Å²) >= 11 is 0. The lowest BCUT2D eigenvalue weighted by Crippen LogP contribution is -2.40. The summed E-state index contributed by atoms with van der Waals surface area (Å²) in [5.41, 5.74) is 1.12. The van der Waals surface area contributed by atoms with E-state index < -0.39 is 0 Å². The number of rotatable bonds is 4. The van der Waals surface area contributed by atoms with Gasteiger partial charge in [-0.05, 0) is 31.7 Å². The van der Waals surface area contributed by atoms with E-state index in [0.717, 1.165) is 43.7 Å². The number of imidazole rings is 1. The van der Waals surface area contributed by atoms with Crippen molar-refractivity contribution in [1.82, 2.24) is 24.2 Å². The fraction of sp³-hybridized carbons (Fsp3) is 0.562. The van der Waals surface area contributed by atoms with E-state index in [1.165, 1.54) is 0 Å². The molecule has 1 saturated heterocycles. The second kappa shape index (κ2) is 6.34. The Morgan fingerprint density at radius 1 is 1.45 bits per heavy atom. The van der Waals surface area contributed by atoms with Gasteiger partial charge in [0.05, 0.1) is 12.2 Å². The van der Waals surface area contributed by atoms with Crippen molar-refractivity contribution in [2.45, 2.75) is 38.6 Å². The molecule has 0 bridgehead atoms. The molecule has 1 aliphatic rings. The molecule has 6 heteroatoms. The van der Waals surface area contributed by atoms with Gasteiger partial charge in [-0.3, -0.25) is 9.48 Å². The van der Waals surface area contributed by atoms with E-state index in [9.17, 15) is 4.79 Å². The maximum atomic E-state index is 12.5. The standard InChI is InChI=1S/C16H23N5O/c1-13-17-7-9-21(13)15-4-3-8-20(12-15)16(22)6-5-14-10-18-19(2)11-14/h7,9-11,15H,3-6,8,12H2,1-2H3/t15-/m1/s1. The largest absolute Gasteiger partial charge is 0.341 e. The lowest BCUT2D eigenvalue weighted by Gasteiger charge is -2.34. The highest BCUT2D eigenvalue weighted by molar-refractivity contribution is 5.76. The van der Waals surface area contributed by atoms with E-state index in [0.29, 0.717) is 12.5 Å². The average Bonchev–Trinajstić information content (AvgIpc) is 3.13.